The highest BCUT2D eigenvalue weighted by Crippen LogP contribution is 2.32. The zero-order valence-electron chi connectivity index (χ0n) is 16.8. The fourth-order valence-electron chi connectivity index (χ4n) is 3.86. The summed E-state index contributed by atoms with van der Waals surface area (Å²) in [6, 6.07) is 0. The van der Waals surface area contributed by atoms with E-state index in [1.54, 1.807) is 0 Å². The molecule has 1 unspecified atom stereocenters. The summed E-state index contributed by atoms with van der Waals surface area (Å²) < 4.78 is 0. The van der Waals surface area contributed by atoms with Gasteiger partial charge in [0, 0.05) is 6.61 Å². The van der Waals surface area contributed by atoms with Crippen LogP contribution in [0.3, 0.4) is 0 Å². The Balaban J connectivity index is 2.26. The van der Waals surface area contributed by atoms with Crippen molar-refractivity contribution in [3.8, 4) is 0 Å². The average Bonchev–Trinajstić information content (AvgIpc) is 3.06. The van der Waals surface area contributed by atoms with Gasteiger partial charge >= 0.3 is 0 Å². The standard InChI is InChI=1S/C23H42O2/c1-3-5-18-23(25,4-2)19-13-17-22-16-12-15-21(22)14-10-8-6-7-9-11-20-24/h12-13,16-17,21-22,24-25H,3-11,14-15,18-20H2,1-2H3/b17-13+/t21-,22+,23?/m0/s1. The monoisotopic (exact) mass is 350 g/mol. The Morgan fingerprint density at radius 2 is 1.76 bits per heavy atom. The molecular formula is C23H42O2. The summed E-state index contributed by atoms with van der Waals surface area (Å²) in [5, 5.41) is 19.5. The van der Waals surface area contributed by atoms with Crippen molar-refractivity contribution in [1.29, 1.82) is 0 Å². The minimum absolute atomic E-state index is 0.341. The number of unbranched alkanes of at least 4 members (excludes halogenated alkanes) is 6. The zero-order valence-corrected chi connectivity index (χ0v) is 16.8. The molecule has 0 aromatic rings. The summed E-state index contributed by atoms with van der Waals surface area (Å²) in [5.74, 6) is 1.33. The highest BCUT2D eigenvalue weighted by atomic mass is 16.3. The Hall–Kier alpha value is -0.600. The van der Waals surface area contributed by atoms with Gasteiger partial charge in [-0.1, -0.05) is 83.1 Å². The fourth-order valence-corrected chi connectivity index (χ4v) is 3.86. The Morgan fingerprint density at radius 1 is 1.04 bits per heavy atom. The molecule has 1 rings (SSSR count). The predicted molar refractivity (Wildman–Crippen MR) is 109 cm³/mol. The molecule has 25 heavy (non-hydrogen) atoms. The first-order chi connectivity index (χ1) is 12.1. The van der Waals surface area contributed by atoms with Crippen molar-refractivity contribution in [3.63, 3.8) is 0 Å². The van der Waals surface area contributed by atoms with Gasteiger partial charge in [0.05, 0.1) is 5.60 Å². The van der Waals surface area contributed by atoms with Gasteiger partial charge in [-0.15, -0.1) is 0 Å². The van der Waals surface area contributed by atoms with Gasteiger partial charge in [0.25, 0.3) is 0 Å². The van der Waals surface area contributed by atoms with Gasteiger partial charge in [-0.05, 0) is 50.4 Å². The van der Waals surface area contributed by atoms with Gasteiger partial charge in [-0.3, -0.25) is 0 Å². The maximum absolute atomic E-state index is 10.7. The lowest BCUT2D eigenvalue weighted by molar-refractivity contribution is 0.0282. The summed E-state index contributed by atoms with van der Waals surface area (Å²) >= 11 is 0. The predicted octanol–water partition coefficient (Wildman–Crippen LogP) is 6.18. The maximum Gasteiger partial charge on any atom is 0.0679 e. The van der Waals surface area contributed by atoms with E-state index in [2.05, 4.69) is 38.2 Å². The number of allylic oxidation sites excluding steroid dienone is 3. The number of rotatable bonds is 15. The number of aliphatic hydroxyl groups is 2. The lowest BCUT2D eigenvalue weighted by Gasteiger charge is -2.25. The van der Waals surface area contributed by atoms with Crippen molar-refractivity contribution in [2.24, 2.45) is 11.8 Å². The minimum Gasteiger partial charge on any atom is -0.396 e. The van der Waals surface area contributed by atoms with Gasteiger partial charge in [0.1, 0.15) is 0 Å². The third-order valence-electron chi connectivity index (χ3n) is 5.83. The summed E-state index contributed by atoms with van der Waals surface area (Å²) in [6.07, 6.45) is 24.0. The molecule has 0 radical (unpaired) electrons. The van der Waals surface area contributed by atoms with E-state index in [-0.39, 0.29) is 0 Å². The van der Waals surface area contributed by atoms with Crippen molar-refractivity contribution in [2.75, 3.05) is 6.61 Å². The number of aliphatic hydroxyl groups excluding tert-OH is 1. The van der Waals surface area contributed by atoms with Gasteiger partial charge in [-0.25, -0.2) is 0 Å². The molecule has 0 aromatic carbocycles. The quantitative estimate of drug-likeness (QED) is 0.273. The lowest BCUT2D eigenvalue weighted by Crippen LogP contribution is -2.26. The number of hydrogen-bond acceptors (Lipinski definition) is 2. The first-order valence-electron chi connectivity index (χ1n) is 10.8. The van der Waals surface area contributed by atoms with Crippen molar-refractivity contribution in [3.05, 3.63) is 24.3 Å². The molecule has 2 heteroatoms. The second kappa shape index (κ2) is 13.6. The molecule has 0 saturated carbocycles. The van der Waals surface area contributed by atoms with Crippen LogP contribution in [0.15, 0.2) is 24.3 Å². The summed E-state index contributed by atoms with van der Waals surface area (Å²) in [7, 11) is 0. The molecule has 0 spiro atoms. The van der Waals surface area contributed by atoms with Crippen molar-refractivity contribution in [1.82, 2.24) is 0 Å². The van der Waals surface area contributed by atoms with Crippen LogP contribution in [0.5, 0.6) is 0 Å². The molecule has 3 atom stereocenters. The molecule has 0 amide bonds. The summed E-state index contributed by atoms with van der Waals surface area (Å²) in [5.41, 5.74) is -0.501. The van der Waals surface area contributed by atoms with E-state index in [4.69, 9.17) is 5.11 Å². The van der Waals surface area contributed by atoms with Crippen LogP contribution in [0.1, 0.15) is 97.3 Å². The average molecular weight is 351 g/mol. The molecule has 0 aliphatic heterocycles. The van der Waals surface area contributed by atoms with Crippen LogP contribution in [0.4, 0.5) is 0 Å². The largest absolute Gasteiger partial charge is 0.396 e. The summed E-state index contributed by atoms with van der Waals surface area (Å²) in [4.78, 5) is 0. The van der Waals surface area contributed by atoms with Crippen molar-refractivity contribution < 1.29 is 10.2 Å². The van der Waals surface area contributed by atoms with Crippen LogP contribution in [-0.4, -0.2) is 22.4 Å². The highest BCUT2D eigenvalue weighted by Gasteiger charge is 2.23. The molecular weight excluding hydrogens is 308 g/mol. The Morgan fingerprint density at radius 3 is 2.44 bits per heavy atom. The Kier molecular flexibility index (Phi) is 12.2. The summed E-state index contributed by atoms with van der Waals surface area (Å²) in [6.45, 7) is 4.63. The van der Waals surface area contributed by atoms with E-state index in [0.717, 1.165) is 44.4 Å². The van der Waals surface area contributed by atoms with Gasteiger partial charge in [-0.2, -0.15) is 0 Å². The van der Waals surface area contributed by atoms with E-state index < -0.39 is 5.60 Å². The molecule has 0 saturated heterocycles. The zero-order chi connectivity index (χ0) is 18.4. The normalized spacial score (nSPS) is 22.7. The number of hydrogen-bond donors (Lipinski definition) is 2. The van der Waals surface area contributed by atoms with Gasteiger partial charge in [0.15, 0.2) is 0 Å². The highest BCUT2D eigenvalue weighted by molar-refractivity contribution is 5.10. The third-order valence-corrected chi connectivity index (χ3v) is 5.83. The second-order valence-electron chi connectivity index (χ2n) is 7.95. The molecule has 0 bridgehead atoms. The van der Waals surface area contributed by atoms with Gasteiger partial charge < -0.3 is 10.2 Å². The van der Waals surface area contributed by atoms with Crippen LogP contribution >= 0.6 is 0 Å². The van der Waals surface area contributed by atoms with Crippen molar-refractivity contribution >= 4 is 0 Å². The lowest BCUT2D eigenvalue weighted by atomic mass is 9.87. The smallest absolute Gasteiger partial charge is 0.0679 e. The van der Waals surface area contributed by atoms with E-state index in [1.807, 2.05) is 0 Å². The second-order valence-corrected chi connectivity index (χ2v) is 7.95. The maximum atomic E-state index is 10.7. The molecule has 146 valence electrons. The van der Waals surface area contributed by atoms with Crippen LogP contribution in [0.2, 0.25) is 0 Å². The van der Waals surface area contributed by atoms with Crippen LogP contribution < -0.4 is 0 Å². The van der Waals surface area contributed by atoms with E-state index >= 15 is 0 Å². The first-order valence-corrected chi connectivity index (χ1v) is 10.8. The van der Waals surface area contributed by atoms with Gasteiger partial charge in [0.2, 0.25) is 0 Å². The molecule has 0 fully saturated rings. The third kappa shape index (κ3) is 9.61. The molecule has 2 N–H and O–H groups in total. The first kappa shape index (κ1) is 22.4. The topological polar surface area (TPSA) is 40.5 Å². The van der Waals surface area contributed by atoms with Crippen LogP contribution in [-0.2, 0) is 0 Å². The van der Waals surface area contributed by atoms with Crippen LogP contribution in [0.25, 0.3) is 0 Å². The van der Waals surface area contributed by atoms with E-state index in [1.165, 1.54) is 44.9 Å². The van der Waals surface area contributed by atoms with Crippen molar-refractivity contribution in [2.45, 2.75) is 103 Å². The Bertz CT molecular complexity index is 374. The molecule has 1 aliphatic rings. The SMILES string of the molecule is CCCCC(O)(CC)C/C=C/[C@H]1C=CC[C@@H]1CCCCCCCCO. The van der Waals surface area contributed by atoms with E-state index in [9.17, 15) is 5.11 Å². The Labute approximate surface area is 156 Å². The minimum atomic E-state index is -0.501. The fraction of sp³-hybridized carbons (Fsp3) is 0.826. The molecule has 0 heterocycles. The van der Waals surface area contributed by atoms with Crippen LogP contribution in [0, 0.1) is 11.8 Å². The molecule has 1 aliphatic carbocycles. The molecule has 2 nitrogen and oxygen atoms in total. The molecule has 0 aromatic heterocycles. The van der Waals surface area contributed by atoms with E-state index in [0.29, 0.717) is 12.5 Å².